The molecular weight excluding hydrogens is 418 g/mol. The number of aromatic nitrogens is 3. The summed E-state index contributed by atoms with van der Waals surface area (Å²) in [7, 11) is 0. The van der Waals surface area contributed by atoms with Gasteiger partial charge in [0.25, 0.3) is 0 Å². The highest BCUT2D eigenvalue weighted by molar-refractivity contribution is 6.29. The number of amides is 1. The number of morpholine rings is 1. The van der Waals surface area contributed by atoms with Gasteiger partial charge in [0.1, 0.15) is 29.0 Å². The van der Waals surface area contributed by atoms with Crippen molar-refractivity contribution in [2.24, 2.45) is 0 Å². The number of anilines is 1. The van der Waals surface area contributed by atoms with Crippen LogP contribution in [0.3, 0.4) is 0 Å². The predicted octanol–water partition coefficient (Wildman–Crippen LogP) is 2.86. The third-order valence-corrected chi connectivity index (χ3v) is 5.82. The number of halogens is 1. The van der Waals surface area contributed by atoms with E-state index in [4.69, 9.17) is 21.1 Å². The Bertz CT molecular complexity index is 1120. The lowest BCUT2D eigenvalue weighted by atomic mass is 9.95. The number of pyridine rings is 1. The van der Waals surface area contributed by atoms with Crippen molar-refractivity contribution >= 4 is 34.2 Å². The van der Waals surface area contributed by atoms with E-state index in [1.807, 2.05) is 24.3 Å². The molecule has 1 fully saturated rings. The molecule has 31 heavy (non-hydrogen) atoms. The maximum Gasteiger partial charge on any atom is 0.239 e. The number of carbonyl (C=O) groups is 1. The highest BCUT2D eigenvalue weighted by Gasteiger charge is 2.35. The minimum atomic E-state index is -0.550. The van der Waals surface area contributed by atoms with Crippen LogP contribution in [0, 0.1) is 0 Å². The average molecular weight is 440 g/mol. The Morgan fingerprint density at radius 2 is 2.06 bits per heavy atom. The number of nitrogens with one attached hydrogen (secondary N) is 1. The fraction of sp³-hybridized carbons (Fsp3) is 0.364. The first-order chi connectivity index (χ1) is 15.2. The van der Waals surface area contributed by atoms with Crippen LogP contribution < -0.4 is 10.1 Å². The Hall–Kier alpha value is -2.81. The minimum Gasteiger partial charge on any atom is -0.493 e. The zero-order valence-corrected chi connectivity index (χ0v) is 17.6. The van der Waals surface area contributed by atoms with Gasteiger partial charge in [0, 0.05) is 36.7 Å². The Labute approximate surface area is 184 Å². The van der Waals surface area contributed by atoms with Gasteiger partial charge in [-0.25, -0.2) is 15.0 Å². The van der Waals surface area contributed by atoms with Crippen LogP contribution in [0.1, 0.15) is 23.6 Å². The van der Waals surface area contributed by atoms with Crippen molar-refractivity contribution in [3.05, 3.63) is 53.1 Å². The molecule has 0 spiro atoms. The van der Waals surface area contributed by atoms with Gasteiger partial charge < -0.3 is 14.8 Å². The van der Waals surface area contributed by atoms with Crippen molar-refractivity contribution < 1.29 is 14.3 Å². The van der Waals surface area contributed by atoms with E-state index in [-0.39, 0.29) is 5.91 Å². The van der Waals surface area contributed by atoms with E-state index in [0.717, 1.165) is 61.5 Å². The summed E-state index contributed by atoms with van der Waals surface area (Å²) in [5.41, 5.74) is 2.14. The molecule has 2 aliphatic rings. The van der Waals surface area contributed by atoms with Crippen molar-refractivity contribution in [3.8, 4) is 5.75 Å². The van der Waals surface area contributed by atoms with Gasteiger partial charge in [-0.15, -0.1) is 0 Å². The third kappa shape index (κ3) is 4.19. The quantitative estimate of drug-likeness (QED) is 0.466. The van der Waals surface area contributed by atoms with Crippen LogP contribution in [-0.4, -0.2) is 65.2 Å². The Balaban J connectivity index is 1.32. The van der Waals surface area contributed by atoms with E-state index >= 15 is 0 Å². The fourth-order valence-electron chi connectivity index (χ4n) is 4.06. The number of hydrogen-bond donors (Lipinski definition) is 1. The maximum atomic E-state index is 12.7. The lowest BCUT2D eigenvalue weighted by molar-refractivity contribution is -0.116. The highest BCUT2D eigenvalue weighted by Crippen LogP contribution is 2.38. The number of carbonyl (C=O) groups excluding carboxylic acids is 1. The second kappa shape index (κ2) is 8.74. The number of fused-ring (bicyclic) bond motifs is 2. The molecule has 1 saturated heterocycles. The van der Waals surface area contributed by atoms with E-state index in [0.29, 0.717) is 23.3 Å². The molecule has 9 heteroatoms. The Morgan fingerprint density at radius 3 is 2.94 bits per heavy atom. The highest BCUT2D eigenvalue weighted by atomic mass is 35.5. The summed E-state index contributed by atoms with van der Waals surface area (Å²) in [5, 5.41) is 3.94. The molecule has 3 aromatic rings. The normalized spacial score (nSPS) is 18.7. The lowest BCUT2D eigenvalue weighted by Crippen LogP contribution is -2.37. The molecule has 2 aliphatic heterocycles. The first-order valence-corrected chi connectivity index (χ1v) is 10.7. The molecule has 1 unspecified atom stereocenters. The van der Waals surface area contributed by atoms with Crippen LogP contribution in [0.25, 0.3) is 10.9 Å². The van der Waals surface area contributed by atoms with Gasteiger partial charge in [-0.05, 0) is 24.6 Å². The number of benzene rings is 1. The van der Waals surface area contributed by atoms with E-state index < -0.39 is 5.92 Å². The molecule has 0 aliphatic carbocycles. The molecule has 5 rings (SSSR count). The standard InChI is InChI=1S/C22H22ClN5O3/c23-18-5-4-16-19(22(29)27-21(16)26-18)20-15-3-2-14(12-17(15)24-13-25-20)31-9-1-6-28-7-10-30-11-8-28/h2-5,12-13,19H,1,6-11H2,(H,26,27,29). The first-order valence-electron chi connectivity index (χ1n) is 10.3. The fourth-order valence-corrected chi connectivity index (χ4v) is 4.21. The van der Waals surface area contributed by atoms with Gasteiger partial charge in [0.2, 0.25) is 5.91 Å². The number of nitrogens with zero attached hydrogens (tertiary/aromatic N) is 4. The third-order valence-electron chi connectivity index (χ3n) is 5.61. The van der Waals surface area contributed by atoms with E-state index in [2.05, 4.69) is 25.2 Å². The van der Waals surface area contributed by atoms with Gasteiger partial charge in [-0.1, -0.05) is 17.7 Å². The van der Waals surface area contributed by atoms with E-state index in [1.54, 1.807) is 6.07 Å². The summed E-state index contributed by atoms with van der Waals surface area (Å²) < 4.78 is 11.3. The molecule has 2 aromatic heterocycles. The molecule has 1 atom stereocenters. The SMILES string of the molecule is O=C1Nc2nc(Cl)ccc2C1c1ncnc2cc(OCCCN3CCOCC3)ccc12. The van der Waals surface area contributed by atoms with E-state index in [9.17, 15) is 4.79 Å². The van der Waals surface area contributed by atoms with Crippen LogP contribution in [0.5, 0.6) is 5.75 Å². The van der Waals surface area contributed by atoms with Crippen LogP contribution in [0.2, 0.25) is 5.15 Å². The van der Waals surface area contributed by atoms with Crippen molar-refractivity contribution in [1.29, 1.82) is 0 Å². The zero-order chi connectivity index (χ0) is 21.2. The van der Waals surface area contributed by atoms with Gasteiger partial charge in [0.05, 0.1) is 31.0 Å². The van der Waals surface area contributed by atoms with Gasteiger partial charge in [0.15, 0.2) is 0 Å². The molecule has 0 bridgehead atoms. The molecule has 1 aromatic carbocycles. The Morgan fingerprint density at radius 1 is 1.19 bits per heavy atom. The first kappa shape index (κ1) is 20.1. The maximum absolute atomic E-state index is 12.7. The molecule has 0 saturated carbocycles. The topological polar surface area (TPSA) is 89.5 Å². The van der Waals surface area contributed by atoms with Gasteiger partial charge in [-0.2, -0.15) is 0 Å². The summed E-state index contributed by atoms with van der Waals surface area (Å²) in [5.74, 6) is 0.511. The molecule has 4 heterocycles. The number of hydrogen-bond acceptors (Lipinski definition) is 7. The van der Waals surface area contributed by atoms with Crippen molar-refractivity contribution in [1.82, 2.24) is 19.9 Å². The van der Waals surface area contributed by atoms with Crippen LogP contribution >= 0.6 is 11.6 Å². The molecule has 1 N–H and O–H groups in total. The summed E-state index contributed by atoms with van der Waals surface area (Å²) in [6, 6.07) is 9.20. The summed E-state index contributed by atoms with van der Waals surface area (Å²) in [6.45, 7) is 5.20. The van der Waals surface area contributed by atoms with Gasteiger partial charge in [-0.3, -0.25) is 9.69 Å². The van der Waals surface area contributed by atoms with Crippen molar-refractivity contribution in [3.63, 3.8) is 0 Å². The van der Waals surface area contributed by atoms with E-state index in [1.165, 1.54) is 6.33 Å². The molecule has 160 valence electrons. The molecular formula is C22H22ClN5O3. The second-order valence-electron chi connectivity index (χ2n) is 7.59. The van der Waals surface area contributed by atoms with Crippen LogP contribution in [-0.2, 0) is 9.53 Å². The summed E-state index contributed by atoms with van der Waals surface area (Å²) in [6.07, 6.45) is 2.43. The van der Waals surface area contributed by atoms with Crippen molar-refractivity contribution in [2.45, 2.75) is 12.3 Å². The second-order valence-corrected chi connectivity index (χ2v) is 7.98. The smallest absolute Gasteiger partial charge is 0.239 e. The van der Waals surface area contributed by atoms with Crippen molar-refractivity contribution in [2.75, 3.05) is 44.8 Å². The molecule has 8 nitrogen and oxygen atoms in total. The molecule has 1 amide bonds. The minimum absolute atomic E-state index is 0.173. The monoisotopic (exact) mass is 439 g/mol. The number of ether oxygens (including phenoxy) is 2. The Kier molecular flexibility index (Phi) is 5.67. The lowest BCUT2D eigenvalue weighted by Gasteiger charge is -2.26. The average Bonchev–Trinajstić information content (AvgIpc) is 3.11. The van der Waals surface area contributed by atoms with Crippen LogP contribution in [0.4, 0.5) is 5.82 Å². The zero-order valence-electron chi connectivity index (χ0n) is 16.9. The molecule has 0 radical (unpaired) electrons. The largest absolute Gasteiger partial charge is 0.493 e. The van der Waals surface area contributed by atoms with Gasteiger partial charge >= 0.3 is 0 Å². The number of rotatable bonds is 6. The van der Waals surface area contributed by atoms with Crippen LogP contribution in [0.15, 0.2) is 36.7 Å². The summed E-state index contributed by atoms with van der Waals surface area (Å²) in [4.78, 5) is 28.1. The summed E-state index contributed by atoms with van der Waals surface area (Å²) >= 11 is 5.96. The predicted molar refractivity (Wildman–Crippen MR) is 117 cm³/mol.